The molecule has 2 heterocycles. The Morgan fingerprint density at radius 2 is 2.32 bits per heavy atom. The van der Waals surface area contributed by atoms with Crippen molar-refractivity contribution in [1.29, 1.82) is 0 Å². The van der Waals surface area contributed by atoms with Crippen LogP contribution in [-0.2, 0) is 4.79 Å². The van der Waals surface area contributed by atoms with Crippen molar-refractivity contribution >= 4 is 23.3 Å². The zero-order chi connectivity index (χ0) is 13.9. The number of amides is 1. The van der Waals surface area contributed by atoms with Crippen LogP contribution in [0.5, 0.6) is 0 Å². The number of hydrogen-bond acceptors (Lipinski definition) is 4. The SMILES string of the molecule is CCCC1(CCN)CCN(c2ccnc(Cl)n2)C1=O. The van der Waals surface area contributed by atoms with Gasteiger partial charge in [0, 0.05) is 12.7 Å². The maximum atomic E-state index is 12.7. The summed E-state index contributed by atoms with van der Waals surface area (Å²) in [5.41, 5.74) is 5.36. The maximum absolute atomic E-state index is 12.7. The fraction of sp³-hybridized carbons (Fsp3) is 0.615. The second-order valence-electron chi connectivity index (χ2n) is 4.96. The quantitative estimate of drug-likeness (QED) is 0.839. The average Bonchev–Trinajstić information content (AvgIpc) is 2.68. The third-order valence-corrected chi connectivity index (χ3v) is 3.93. The topological polar surface area (TPSA) is 72.1 Å². The Morgan fingerprint density at radius 3 is 2.95 bits per heavy atom. The molecule has 0 saturated carbocycles. The molecule has 2 N–H and O–H groups in total. The van der Waals surface area contributed by atoms with E-state index in [1.807, 2.05) is 0 Å². The molecular weight excluding hydrogens is 264 g/mol. The summed E-state index contributed by atoms with van der Waals surface area (Å²) < 4.78 is 0. The van der Waals surface area contributed by atoms with Gasteiger partial charge in [-0.1, -0.05) is 13.3 Å². The Hall–Kier alpha value is -1.20. The molecule has 1 aromatic rings. The number of nitrogens with two attached hydrogens (primary N) is 1. The lowest BCUT2D eigenvalue weighted by molar-refractivity contribution is -0.126. The first kappa shape index (κ1) is 14.2. The summed E-state index contributed by atoms with van der Waals surface area (Å²) in [7, 11) is 0. The van der Waals surface area contributed by atoms with Crippen molar-refractivity contribution < 1.29 is 4.79 Å². The van der Waals surface area contributed by atoms with Crippen molar-refractivity contribution in [3.05, 3.63) is 17.5 Å². The van der Waals surface area contributed by atoms with Crippen LogP contribution in [-0.4, -0.2) is 29.0 Å². The number of rotatable bonds is 5. The van der Waals surface area contributed by atoms with Crippen molar-refractivity contribution in [3.63, 3.8) is 0 Å². The summed E-state index contributed by atoms with van der Waals surface area (Å²) in [6.45, 7) is 3.30. The molecule has 1 atom stereocenters. The van der Waals surface area contributed by atoms with E-state index < -0.39 is 0 Å². The van der Waals surface area contributed by atoms with E-state index in [9.17, 15) is 4.79 Å². The Morgan fingerprint density at radius 1 is 1.53 bits per heavy atom. The summed E-state index contributed by atoms with van der Waals surface area (Å²) in [5, 5.41) is 0.164. The standard InChI is InChI=1S/C13H19ClN4O/c1-2-4-13(5-7-15)6-9-18(11(13)19)10-3-8-16-12(14)17-10/h3,8H,2,4-7,9,15H2,1H3. The van der Waals surface area contributed by atoms with Gasteiger partial charge < -0.3 is 5.73 Å². The summed E-state index contributed by atoms with van der Waals surface area (Å²) in [4.78, 5) is 22.4. The molecule has 5 nitrogen and oxygen atoms in total. The number of carbonyl (C=O) groups excluding carboxylic acids is 1. The van der Waals surface area contributed by atoms with Crippen molar-refractivity contribution in [2.75, 3.05) is 18.0 Å². The highest BCUT2D eigenvalue weighted by Gasteiger charge is 2.45. The minimum absolute atomic E-state index is 0.120. The molecule has 6 heteroatoms. The van der Waals surface area contributed by atoms with E-state index in [4.69, 9.17) is 17.3 Å². The highest BCUT2D eigenvalue weighted by Crippen LogP contribution is 2.40. The molecule has 0 aliphatic carbocycles. The van der Waals surface area contributed by atoms with Gasteiger partial charge in [0.05, 0.1) is 5.41 Å². The van der Waals surface area contributed by atoms with Crippen molar-refractivity contribution in [3.8, 4) is 0 Å². The van der Waals surface area contributed by atoms with Gasteiger partial charge in [-0.3, -0.25) is 9.69 Å². The monoisotopic (exact) mass is 282 g/mol. The molecule has 1 fully saturated rings. The highest BCUT2D eigenvalue weighted by molar-refractivity contribution is 6.28. The van der Waals surface area contributed by atoms with E-state index >= 15 is 0 Å². The van der Waals surface area contributed by atoms with Crippen LogP contribution in [0.25, 0.3) is 0 Å². The molecule has 1 aliphatic rings. The van der Waals surface area contributed by atoms with E-state index in [1.54, 1.807) is 17.2 Å². The zero-order valence-corrected chi connectivity index (χ0v) is 11.9. The predicted octanol–water partition coefficient (Wildman–Crippen LogP) is 2.00. The summed E-state index contributed by atoms with van der Waals surface area (Å²) in [6.07, 6.45) is 4.98. The Balaban J connectivity index is 2.25. The first-order valence-electron chi connectivity index (χ1n) is 6.63. The van der Waals surface area contributed by atoms with Crippen LogP contribution in [0.2, 0.25) is 5.28 Å². The van der Waals surface area contributed by atoms with Crippen molar-refractivity contribution in [2.45, 2.75) is 32.6 Å². The molecule has 1 amide bonds. The zero-order valence-electron chi connectivity index (χ0n) is 11.1. The first-order chi connectivity index (χ1) is 9.13. The molecule has 1 unspecified atom stereocenters. The van der Waals surface area contributed by atoms with Gasteiger partial charge in [0.25, 0.3) is 0 Å². The van der Waals surface area contributed by atoms with Crippen LogP contribution in [0.1, 0.15) is 32.6 Å². The Bertz CT molecular complexity index is 460. The molecule has 0 bridgehead atoms. The minimum atomic E-state index is -0.319. The van der Waals surface area contributed by atoms with Crippen LogP contribution in [0, 0.1) is 5.41 Å². The number of anilines is 1. The molecule has 1 aromatic heterocycles. The summed E-state index contributed by atoms with van der Waals surface area (Å²) in [6, 6.07) is 1.72. The van der Waals surface area contributed by atoms with Crippen LogP contribution >= 0.6 is 11.6 Å². The van der Waals surface area contributed by atoms with E-state index in [2.05, 4.69) is 16.9 Å². The van der Waals surface area contributed by atoms with E-state index in [1.165, 1.54) is 0 Å². The Labute approximate surface area is 118 Å². The molecular formula is C13H19ClN4O. The van der Waals surface area contributed by atoms with Crippen LogP contribution in [0.3, 0.4) is 0 Å². The summed E-state index contributed by atoms with van der Waals surface area (Å²) in [5.74, 6) is 0.703. The lowest BCUT2D eigenvalue weighted by Gasteiger charge is -2.26. The second kappa shape index (κ2) is 5.84. The van der Waals surface area contributed by atoms with Gasteiger partial charge in [0.2, 0.25) is 11.2 Å². The van der Waals surface area contributed by atoms with Gasteiger partial charge in [0.15, 0.2) is 0 Å². The predicted molar refractivity (Wildman–Crippen MR) is 75.0 cm³/mol. The van der Waals surface area contributed by atoms with Crippen LogP contribution in [0.15, 0.2) is 12.3 Å². The number of halogens is 1. The van der Waals surface area contributed by atoms with Gasteiger partial charge >= 0.3 is 0 Å². The number of nitrogens with zero attached hydrogens (tertiary/aromatic N) is 3. The molecule has 1 aliphatic heterocycles. The lowest BCUT2D eigenvalue weighted by Crippen LogP contribution is -2.36. The van der Waals surface area contributed by atoms with Crippen molar-refractivity contribution in [2.24, 2.45) is 11.1 Å². The Kier molecular flexibility index (Phi) is 4.37. The third-order valence-electron chi connectivity index (χ3n) is 3.75. The largest absolute Gasteiger partial charge is 0.330 e. The van der Waals surface area contributed by atoms with Gasteiger partial charge in [0.1, 0.15) is 5.82 Å². The van der Waals surface area contributed by atoms with Gasteiger partial charge in [-0.15, -0.1) is 0 Å². The highest BCUT2D eigenvalue weighted by atomic mass is 35.5. The first-order valence-corrected chi connectivity index (χ1v) is 7.01. The lowest BCUT2D eigenvalue weighted by atomic mass is 9.79. The third kappa shape index (κ3) is 2.72. The fourth-order valence-electron chi connectivity index (χ4n) is 2.86. The molecule has 0 spiro atoms. The molecule has 0 aromatic carbocycles. The second-order valence-corrected chi connectivity index (χ2v) is 5.30. The maximum Gasteiger partial charge on any atom is 0.234 e. The summed E-state index contributed by atoms with van der Waals surface area (Å²) >= 11 is 5.78. The van der Waals surface area contributed by atoms with Gasteiger partial charge in [-0.2, -0.15) is 0 Å². The van der Waals surface area contributed by atoms with Gasteiger partial charge in [-0.05, 0) is 43.5 Å². The minimum Gasteiger partial charge on any atom is -0.330 e. The van der Waals surface area contributed by atoms with Crippen molar-refractivity contribution in [1.82, 2.24) is 9.97 Å². The normalized spacial score (nSPS) is 23.1. The molecule has 19 heavy (non-hydrogen) atoms. The van der Waals surface area contributed by atoms with E-state index in [0.29, 0.717) is 18.9 Å². The van der Waals surface area contributed by atoms with E-state index in [0.717, 1.165) is 25.7 Å². The molecule has 2 rings (SSSR count). The fourth-order valence-corrected chi connectivity index (χ4v) is 3.00. The number of aromatic nitrogens is 2. The van der Waals surface area contributed by atoms with Gasteiger partial charge in [-0.25, -0.2) is 9.97 Å². The molecule has 104 valence electrons. The molecule has 1 saturated heterocycles. The number of hydrogen-bond donors (Lipinski definition) is 1. The smallest absolute Gasteiger partial charge is 0.234 e. The average molecular weight is 283 g/mol. The molecule has 0 radical (unpaired) electrons. The van der Waals surface area contributed by atoms with E-state index in [-0.39, 0.29) is 16.6 Å². The number of carbonyl (C=O) groups is 1. The van der Waals surface area contributed by atoms with Crippen LogP contribution < -0.4 is 10.6 Å². The van der Waals surface area contributed by atoms with Crippen LogP contribution in [0.4, 0.5) is 5.82 Å².